The summed E-state index contributed by atoms with van der Waals surface area (Å²) in [5.41, 5.74) is 0.394. The van der Waals surface area contributed by atoms with Crippen molar-refractivity contribution in [3.8, 4) is 0 Å². The molecule has 0 amide bonds. The molecule has 0 fully saturated rings. The van der Waals surface area contributed by atoms with E-state index in [1.807, 2.05) is 0 Å². The van der Waals surface area contributed by atoms with E-state index >= 15 is 0 Å². The molecule has 0 aliphatic carbocycles. The van der Waals surface area contributed by atoms with E-state index in [0.717, 1.165) is 12.1 Å². The Morgan fingerprint density at radius 1 is 0.824 bits per heavy atom. The molecule has 5 heteroatoms. The first kappa shape index (κ1) is 11.8. The number of anilines is 2. The van der Waals surface area contributed by atoms with Gasteiger partial charge in [-0.3, -0.25) is 0 Å². The van der Waals surface area contributed by atoms with E-state index in [9.17, 15) is 13.2 Å². The first-order chi connectivity index (χ1) is 8.08. The van der Waals surface area contributed by atoms with E-state index < -0.39 is 17.5 Å². The Labute approximate surface area is 101 Å². The molecule has 0 radical (unpaired) electrons. The lowest BCUT2D eigenvalue weighted by molar-refractivity contribution is 0.449. The largest absolute Gasteiger partial charge is 0.353 e. The predicted molar refractivity (Wildman–Crippen MR) is 61.1 cm³/mol. The summed E-state index contributed by atoms with van der Waals surface area (Å²) in [5.74, 6) is -3.96. The zero-order valence-electron chi connectivity index (χ0n) is 8.48. The second kappa shape index (κ2) is 4.67. The van der Waals surface area contributed by atoms with Gasteiger partial charge < -0.3 is 5.32 Å². The summed E-state index contributed by atoms with van der Waals surface area (Å²) in [5, 5.41) is 3.16. The van der Waals surface area contributed by atoms with Gasteiger partial charge in [0.25, 0.3) is 0 Å². The molecule has 0 aromatic heterocycles. The van der Waals surface area contributed by atoms with Gasteiger partial charge in [-0.15, -0.1) is 0 Å². The molecule has 0 saturated carbocycles. The Kier molecular flexibility index (Phi) is 3.24. The normalized spacial score (nSPS) is 10.4. The molecular weight excluding hydrogens is 251 g/mol. The van der Waals surface area contributed by atoms with E-state index in [0.29, 0.717) is 10.7 Å². The monoisotopic (exact) mass is 257 g/mol. The first-order valence-electron chi connectivity index (χ1n) is 4.74. The highest BCUT2D eigenvalue weighted by Gasteiger charge is 2.13. The van der Waals surface area contributed by atoms with Gasteiger partial charge in [-0.1, -0.05) is 11.6 Å². The fourth-order valence-corrected chi connectivity index (χ4v) is 1.44. The van der Waals surface area contributed by atoms with Crippen LogP contribution in [-0.4, -0.2) is 0 Å². The Balaban J connectivity index is 2.30. The van der Waals surface area contributed by atoms with Crippen LogP contribution in [0.5, 0.6) is 0 Å². The van der Waals surface area contributed by atoms with E-state index in [1.165, 1.54) is 0 Å². The Hall–Kier alpha value is -1.68. The van der Waals surface area contributed by atoms with Gasteiger partial charge in [0.05, 0.1) is 5.69 Å². The van der Waals surface area contributed by atoms with Crippen molar-refractivity contribution >= 4 is 23.0 Å². The van der Waals surface area contributed by atoms with E-state index in [2.05, 4.69) is 5.32 Å². The zero-order valence-corrected chi connectivity index (χ0v) is 9.23. The van der Waals surface area contributed by atoms with Crippen LogP contribution < -0.4 is 5.32 Å². The van der Waals surface area contributed by atoms with Crippen molar-refractivity contribution in [1.82, 2.24) is 0 Å². The molecule has 2 aromatic rings. The first-order valence-corrected chi connectivity index (χ1v) is 5.12. The SMILES string of the molecule is Fc1ccc(Nc2ccc(Cl)cc2)c(F)c1F. The maximum absolute atomic E-state index is 13.3. The molecule has 0 atom stereocenters. The van der Waals surface area contributed by atoms with Crippen molar-refractivity contribution in [2.24, 2.45) is 0 Å². The number of nitrogens with one attached hydrogen (secondary N) is 1. The summed E-state index contributed by atoms with van der Waals surface area (Å²) in [7, 11) is 0. The topological polar surface area (TPSA) is 12.0 Å². The van der Waals surface area contributed by atoms with Crippen molar-refractivity contribution in [3.05, 3.63) is 58.9 Å². The highest BCUT2D eigenvalue weighted by atomic mass is 35.5. The summed E-state index contributed by atoms with van der Waals surface area (Å²) >= 11 is 5.68. The quantitative estimate of drug-likeness (QED) is 0.781. The van der Waals surface area contributed by atoms with Crippen molar-refractivity contribution in [2.75, 3.05) is 5.32 Å². The molecule has 2 aromatic carbocycles. The van der Waals surface area contributed by atoms with Crippen LogP contribution in [0.2, 0.25) is 5.02 Å². The Bertz CT molecular complexity index is 540. The van der Waals surface area contributed by atoms with Gasteiger partial charge in [0.1, 0.15) is 0 Å². The number of hydrogen-bond donors (Lipinski definition) is 1. The minimum Gasteiger partial charge on any atom is -0.353 e. The average molecular weight is 258 g/mol. The third-order valence-electron chi connectivity index (χ3n) is 2.16. The van der Waals surface area contributed by atoms with Crippen LogP contribution >= 0.6 is 11.6 Å². The lowest BCUT2D eigenvalue weighted by Gasteiger charge is -2.08. The Morgan fingerprint density at radius 2 is 1.47 bits per heavy atom. The second-order valence-electron chi connectivity index (χ2n) is 3.35. The minimum absolute atomic E-state index is 0.133. The lowest BCUT2D eigenvalue weighted by atomic mass is 10.2. The van der Waals surface area contributed by atoms with Crippen molar-refractivity contribution in [1.29, 1.82) is 0 Å². The summed E-state index contributed by atoms with van der Waals surface area (Å²) in [4.78, 5) is 0. The molecule has 1 nitrogen and oxygen atoms in total. The molecule has 0 aliphatic rings. The van der Waals surface area contributed by atoms with Gasteiger partial charge in [-0.25, -0.2) is 13.2 Å². The van der Waals surface area contributed by atoms with Crippen LogP contribution in [0, 0.1) is 17.5 Å². The minimum atomic E-state index is -1.50. The maximum atomic E-state index is 13.3. The molecule has 88 valence electrons. The maximum Gasteiger partial charge on any atom is 0.196 e. The van der Waals surface area contributed by atoms with Gasteiger partial charge in [-0.05, 0) is 36.4 Å². The summed E-state index contributed by atoms with van der Waals surface area (Å²) in [6.07, 6.45) is 0. The van der Waals surface area contributed by atoms with E-state index in [4.69, 9.17) is 11.6 Å². The molecule has 1 N–H and O–H groups in total. The third-order valence-corrected chi connectivity index (χ3v) is 2.41. The van der Waals surface area contributed by atoms with E-state index in [-0.39, 0.29) is 5.69 Å². The number of rotatable bonds is 2. The summed E-state index contributed by atoms with van der Waals surface area (Å²) < 4.78 is 39.0. The van der Waals surface area contributed by atoms with Crippen LogP contribution in [0.25, 0.3) is 0 Å². The molecule has 17 heavy (non-hydrogen) atoms. The zero-order chi connectivity index (χ0) is 12.4. The summed E-state index contributed by atoms with van der Waals surface area (Å²) in [6.45, 7) is 0. The highest BCUT2D eigenvalue weighted by Crippen LogP contribution is 2.24. The molecule has 0 heterocycles. The van der Waals surface area contributed by atoms with Gasteiger partial charge >= 0.3 is 0 Å². The predicted octanol–water partition coefficient (Wildman–Crippen LogP) is 4.50. The third kappa shape index (κ3) is 2.53. The van der Waals surface area contributed by atoms with Gasteiger partial charge in [-0.2, -0.15) is 0 Å². The van der Waals surface area contributed by atoms with Crippen LogP contribution in [0.1, 0.15) is 0 Å². The van der Waals surface area contributed by atoms with Crippen LogP contribution in [-0.2, 0) is 0 Å². The van der Waals surface area contributed by atoms with Gasteiger partial charge in [0.15, 0.2) is 17.5 Å². The van der Waals surface area contributed by atoms with Crippen molar-refractivity contribution < 1.29 is 13.2 Å². The molecule has 2 rings (SSSR count). The second-order valence-corrected chi connectivity index (χ2v) is 3.79. The van der Waals surface area contributed by atoms with Crippen LogP contribution in [0.3, 0.4) is 0 Å². The lowest BCUT2D eigenvalue weighted by Crippen LogP contribution is -1.98. The number of hydrogen-bond acceptors (Lipinski definition) is 1. The smallest absolute Gasteiger partial charge is 0.196 e. The molecule has 0 unspecified atom stereocenters. The molecular formula is C12H7ClF3N. The fourth-order valence-electron chi connectivity index (χ4n) is 1.31. The van der Waals surface area contributed by atoms with Gasteiger partial charge in [0.2, 0.25) is 0 Å². The number of benzene rings is 2. The summed E-state index contributed by atoms with van der Waals surface area (Å²) in [6, 6.07) is 8.38. The number of halogens is 4. The van der Waals surface area contributed by atoms with Crippen LogP contribution in [0.4, 0.5) is 24.5 Å². The van der Waals surface area contributed by atoms with Crippen LogP contribution in [0.15, 0.2) is 36.4 Å². The molecule has 0 saturated heterocycles. The molecule has 0 bridgehead atoms. The van der Waals surface area contributed by atoms with E-state index in [1.54, 1.807) is 24.3 Å². The fraction of sp³-hybridized carbons (Fsp3) is 0. The molecule has 0 spiro atoms. The molecule has 0 aliphatic heterocycles. The van der Waals surface area contributed by atoms with Gasteiger partial charge in [0, 0.05) is 10.7 Å². The standard InChI is InChI=1S/C12H7ClF3N/c13-7-1-3-8(4-2-7)17-10-6-5-9(14)11(15)12(10)16/h1-6,17H. The Morgan fingerprint density at radius 3 is 2.12 bits per heavy atom. The van der Waals surface area contributed by atoms with Crippen molar-refractivity contribution in [2.45, 2.75) is 0 Å². The average Bonchev–Trinajstić information content (AvgIpc) is 2.33. The van der Waals surface area contributed by atoms with Crippen molar-refractivity contribution in [3.63, 3.8) is 0 Å². The highest BCUT2D eigenvalue weighted by molar-refractivity contribution is 6.30.